The number of halogens is 3. The number of ether oxygens (including phenoxy) is 1. The fraction of sp³-hybridized carbons (Fsp3) is 0.188. The third-order valence-corrected chi connectivity index (χ3v) is 4.64. The number of carbonyl (C=O) groups is 1. The van der Waals surface area contributed by atoms with Gasteiger partial charge in [0.05, 0.1) is 11.3 Å². The van der Waals surface area contributed by atoms with Crippen LogP contribution < -0.4 is 9.64 Å². The molecule has 1 aliphatic rings. The van der Waals surface area contributed by atoms with E-state index in [1.165, 1.54) is 12.1 Å². The molecule has 0 N–H and O–H groups in total. The first-order valence-electron chi connectivity index (χ1n) is 6.84. The monoisotopic (exact) mass is 355 g/mol. The van der Waals surface area contributed by atoms with Gasteiger partial charge in [-0.3, -0.25) is 4.79 Å². The van der Waals surface area contributed by atoms with E-state index >= 15 is 0 Å². The lowest BCUT2D eigenvalue weighted by Crippen LogP contribution is -2.35. The number of carbonyl (C=O) groups excluding carboxylic acids is 1. The second-order valence-corrected chi connectivity index (χ2v) is 6.37. The van der Waals surface area contributed by atoms with Gasteiger partial charge in [0, 0.05) is 22.2 Å². The molecule has 120 valence electrons. The Morgan fingerprint density at radius 1 is 1.26 bits per heavy atom. The van der Waals surface area contributed by atoms with Crippen molar-refractivity contribution in [3.8, 4) is 5.75 Å². The van der Waals surface area contributed by atoms with E-state index in [0.29, 0.717) is 17.3 Å². The van der Waals surface area contributed by atoms with Crippen LogP contribution in [0.1, 0.15) is 10.4 Å². The fourth-order valence-electron chi connectivity index (χ4n) is 2.39. The highest BCUT2D eigenvalue weighted by Crippen LogP contribution is 2.38. The van der Waals surface area contributed by atoms with Crippen molar-refractivity contribution in [2.75, 3.05) is 17.2 Å². The summed E-state index contributed by atoms with van der Waals surface area (Å²) in [5, 5.41) is 0.515. The van der Waals surface area contributed by atoms with Gasteiger partial charge in [-0.1, -0.05) is 23.7 Å². The number of rotatable bonds is 3. The molecule has 0 spiro atoms. The highest BCUT2D eigenvalue weighted by atomic mass is 35.5. The quantitative estimate of drug-likeness (QED) is 0.799. The lowest BCUT2D eigenvalue weighted by molar-refractivity contribution is -0.0501. The summed E-state index contributed by atoms with van der Waals surface area (Å²) in [5.74, 6) is 0.206. The first kappa shape index (κ1) is 16.1. The second-order valence-electron chi connectivity index (χ2n) is 4.79. The van der Waals surface area contributed by atoms with Crippen molar-refractivity contribution in [2.24, 2.45) is 0 Å². The van der Waals surface area contributed by atoms with Crippen LogP contribution in [-0.4, -0.2) is 24.8 Å². The summed E-state index contributed by atoms with van der Waals surface area (Å²) in [7, 11) is 0. The molecule has 1 heterocycles. The molecule has 0 aromatic heterocycles. The second kappa shape index (κ2) is 6.76. The van der Waals surface area contributed by atoms with Gasteiger partial charge in [0.2, 0.25) is 0 Å². The van der Waals surface area contributed by atoms with E-state index in [9.17, 15) is 13.6 Å². The van der Waals surface area contributed by atoms with Crippen LogP contribution in [0.5, 0.6) is 5.75 Å². The number of para-hydroxylation sites is 1. The molecule has 3 nitrogen and oxygen atoms in total. The predicted molar refractivity (Wildman–Crippen MR) is 86.9 cm³/mol. The van der Waals surface area contributed by atoms with Gasteiger partial charge < -0.3 is 9.64 Å². The highest BCUT2D eigenvalue weighted by molar-refractivity contribution is 7.99. The Morgan fingerprint density at radius 3 is 2.83 bits per heavy atom. The minimum Gasteiger partial charge on any atom is -0.434 e. The Morgan fingerprint density at radius 2 is 2.04 bits per heavy atom. The number of thioether (sulfide) groups is 1. The van der Waals surface area contributed by atoms with E-state index in [2.05, 4.69) is 4.74 Å². The Hall–Kier alpha value is -1.79. The van der Waals surface area contributed by atoms with Gasteiger partial charge in [0.1, 0.15) is 5.75 Å². The van der Waals surface area contributed by atoms with Gasteiger partial charge in [-0.05, 0) is 30.3 Å². The van der Waals surface area contributed by atoms with Gasteiger partial charge in [0.15, 0.2) is 0 Å². The van der Waals surface area contributed by atoms with Gasteiger partial charge in [-0.25, -0.2) is 0 Å². The average Bonchev–Trinajstić information content (AvgIpc) is 2.53. The molecule has 0 fully saturated rings. The van der Waals surface area contributed by atoms with Crippen molar-refractivity contribution in [3.63, 3.8) is 0 Å². The van der Waals surface area contributed by atoms with Crippen molar-refractivity contribution >= 4 is 35.0 Å². The largest absolute Gasteiger partial charge is 0.434 e. The smallest absolute Gasteiger partial charge is 0.387 e. The van der Waals surface area contributed by atoms with Gasteiger partial charge in [-0.2, -0.15) is 8.78 Å². The van der Waals surface area contributed by atoms with Crippen LogP contribution in [0.15, 0.2) is 47.4 Å². The Balaban J connectivity index is 1.98. The van der Waals surface area contributed by atoms with Gasteiger partial charge in [-0.15, -0.1) is 11.8 Å². The Kier molecular flexibility index (Phi) is 4.73. The standard InChI is InChI=1S/C16H12ClF2NO2S/c17-10-5-6-14-12(9-10)20(7-8-23-14)15(21)11-3-1-2-4-13(11)22-16(18)19/h1-6,9,16H,7-8H2. The number of benzene rings is 2. The number of fused-ring (bicyclic) bond motifs is 1. The van der Waals surface area contributed by atoms with Crippen LogP contribution in [0.4, 0.5) is 14.5 Å². The average molecular weight is 356 g/mol. The normalized spacial score (nSPS) is 13.8. The van der Waals surface area contributed by atoms with Crippen LogP contribution in [-0.2, 0) is 0 Å². The van der Waals surface area contributed by atoms with Crippen LogP contribution in [0.25, 0.3) is 0 Å². The van der Waals surface area contributed by atoms with E-state index in [-0.39, 0.29) is 17.2 Å². The number of alkyl halides is 2. The molecule has 2 aromatic carbocycles. The lowest BCUT2D eigenvalue weighted by atomic mass is 10.1. The third-order valence-electron chi connectivity index (χ3n) is 3.36. The number of nitrogens with zero attached hydrogens (tertiary/aromatic N) is 1. The van der Waals surface area contributed by atoms with Crippen LogP contribution in [0.3, 0.4) is 0 Å². The molecule has 3 rings (SSSR count). The van der Waals surface area contributed by atoms with Crippen LogP contribution in [0, 0.1) is 0 Å². The summed E-state index contributed by atoms with van der Waals surface area (Å²) >= 11 is 7.65. The number of anilines is 1. The summed E-state index contributed by atoms with van der Waals surface area (Å²) in [6, 6.07) is 11.3. The number of amides is 1. The summed E-state index contributed by atoms with van der Waals surface area (Å²) in [6.45, 7) is -2.51. The van der Waals surface area contributed by atoms with E-state index in [1.807, 2.05) is 6.07 Å². The molecule has 0 aliphatic carbocycles. The van der Waals surface area contributed by atoms with E-state index in [1.54, 1.807) is 40.9 Å². The van der Waals surface area contributed by atoms with Crippen molar-refractivity contribution in [2.45, 2.75) is 11.5 Å². The maximum absolute atomic E-state index is 12.8. The fourth-order valence-corrected chi connectivity index (χ4v) is 3.53. The van der Waals surface area contributed by atoms with E-state index < -0.39 is 6.61 Å². The third kappa shape index (κ3) is 3.43. The molecule has 1 aliphatic heterocycles. The van der Waals surface area contributed by atoms with Crippen molar-refractivity contribution in [1.29, 1.82) is 0 Å². The molecule has 23 heavy (non-hydrogen) atoms. The SMILES string of the molecule is O=C(c1ccccc1OC(F)F)N1CCSc2ccc(Cl)cc21. The molecule has 0 saturated heterocycles. The summed E-state index contributed by atoms with van der Waals surface area (Å²) in [4.78, 5) is 15.3. The molecule has 0 radical (unpaired) electrons. The molecule has 0 atom stereocenters. The molecule has 0 saturated carbocycles. The summed E-state index contributed by atoms with van der Waals surface area (Å²) in [5.41, 5.74) is 0.788. The van der Waals surface area contributed by atoms with Crippen molar-refractivity contribution in [3.05, 3.63) is 53.1 Å². The van der Waals surface area contributed by atoms with Gasteiger partial charge >= 0.3 is 6.61 Å². The maximum atomic E-state index is 12.8. The minimum atomic E-state index is -2.98. The van der Waals surface area contributed by atoms with Crippen LogP contribution in [0.2, 0.25) is 5.02 Å². The summed E-state index contributed by atoms with van der Waals surface area (Å²) in [6.07, 6.45) is 0. The number of hydrogen-bond acceptors (Lipinski definition) is 3. The predicted octanol–water partition coefficient (Wildman–Crippen LogP) is 4.69. The maximum Gasteiger partial charge on any atom is 0.387 e. The first-order valence-corrected chi connectivity index (χ1v) is 8.20. The highest BCUT2D eigenvalue weighted by Gasteiger charge is 2.26. The molecule has 1 amide bonds. The molecule has 0 bridgehead atoms. The first-order chi connectivity index (χ1) is 11.1. The van der Waals surface area contributed by atoms with Gasteiger partial charge in [0.25, 0.3) is 5.91 Å². The number of hydrogen-bond donors (Lipinski definition) is 0. The Bertz CT molecular complexity index is 742. The van der Waals surface area contributed by atoms with Crippen molar-refractivity contribution in [1.82, 2.24) is 0 Å². The topological polar surface area (TPSA) is 29.5 Å². The molecule has 0 unspecified atom stereocenters. The van der Waals surface area contributed by atoms with Crippen molar-refractivity contribution < 1.29 is 18.3 Å². The Labute approximate surface area is 141 Å². The molecule has 7 heteroatoms. The van der Waals surface area contributed by atoms with E-state index in [0.717, 1.165) is 10.6 Å². The van der Waals surface area contributed by atoms with E-state index in [4.69, 9.17) is 11.6 Å². The zero-order valence-corrected chi connectivity index (χ0v) is 13.4. The minimum absolute atomic E-state index is 0.102. The molecule has 2 aromatic rings. The summed E-state index contributed by atoms with van der Waals surface area (Å²) < 4.78 is 29.5. The van der Waals surface area contributed by atoms with Crippen LogP contribution >= 0.6 is 23.4 Å². The molecular formula is C16H12ClF2NO2S. The molecular weight excluding hydrogens is 344 g/mol. The zero-order valence-electron chi connectivity index (χ0n) is 11.8. The lowest BCUT2D eigenvalue weighted by Gasteiger charge is -2.29. The zero-order chi connectivity index (χ0) is 16.4.